The van der Waals surface area contributed by atoms with Gasteiger partial charge in [-0.25, -0.2) is 15.0 Å². The number of carbonyl (C=O) groups is 1. The van der Waals surface area contributed by atoms with Gasteiger partial charge in [-0.05, 0) is 18.2 Å². The summed E-state index contributed by atoms with van der Waals surface area (Å²) in [6.45, 7) is 5.58. The molecule has 2 N–H and O–H groups in total. The van der Waals surface area contributed by atoms with Crippen molar-refractivity contribution in [1.82, 2.24) is 39.7 Å². The summed E-state index contributed by atoms with van der Waals surface area (Å²) in [6, 6.07) is 8.79. The quantitative estimate of drug-likeness (QED) is 0.341. The van der Waals surface area contributed by atoms with Gasteiger partial charge >= 0.3 is 0 Å². The van der Waals surface area contributed by atoms with E-state index in [0.717, 1.165) is 45.1 Å². The average Bonchev–Trinajstić information content (AvgIpc) is 3.71. The van der Waals surface area contributed by atoms with Crippen LogP contribution in [0.3, 0.4) is 0 Å². The number of aliphatic hydroxyl groups is 1. The number of hydrogen-bond donors (Lipinski definition) is 2. The highest BCUT2D eigenvalue weighted by atomic mass is 16.5. The summed E-state index contributed by atoms with van der Waals surface area (Å²) in [7, 11) is 1.65. The molecule has 0 radical (unpaired) electrons. The van der Waals surface area contributed by atoms with E-state index in [-0.39, 0.29) is 12.2 Å². The Hall–Kier alpha value is -4.20. The highest BCUT2D eigenvalue weighted by Gasteiger charge is 2.48. The molecule has 6 rings (SSSR count). The van der Waals surface area contributed by atoms with Crippen molar-refractivity contribution in [1.29, 1.82) is 0 Å². The number of likely N-dealkylation sites (N-methyl/N-ethyl adjacent to an activating group) is 1. The summed E-state index contributed by atoms with van der Waals surface area (Å²) in [5, 5.41) is 22.6. The lowest BCUT2D eigenvalue weighted by Crippen LogP contribution is -2.38. The lowest BCUT2D eigenvalue weighted by atomic mass is 9.98. The molecule has 0 unspecified atom stereocenters. The standard InChI is InChI=1S/C26H29N9O4/c1-33-8-6-26(37,24(33)36)23-15-22(32-39-23)20-4-2-3-19(30-20)21-5-7-27-25(31-21)29-18-16-28-35(17-18)10-9-34-11-13-38-14-12-34/h2-5,7,15-17,37H,6,8-14H2,1H3,(H,27,29,31)/t26-/m1/s1. The minimum atomic E-state index is -1.71. The van der Waals surface area contributed by atoms with E-state index in [1.54, 1.807) is 37.6 Å². The molecule has 2 fully saturated rings. The summed E-state index contributed by atoms with van der Waals surface area (Å²) in [6.07, 6.45) is 5.58. The van der Waals surface area contributed by atoms with Crippen LogP contribution >= 0.6 is 0 Å². The first-order chi connectivity index (χ1) is 19.0. The van der Waals surface area contributed by atoms with Crippen LogP contribution in [0, 0.1) is 0 Å². The highest BCUT2D eigenvalue weighted by Crippen LogP contribution is 2.34. The minimum absolute atomic E-state index is 0.109. The van der Waals surface area contributed by atoms with Crippen molar-refractivity contribution in [3.63, 3.8) is 0 Å². The van der Waals surface area contributed by atoms with Gasteiger partial charge in [0, 0.05) is 58.1 Å². The van der Waals surface area contributed by atoms with E-state index in [1.165, 1.54) is 4.90 Å². The van der Waals surface area contributed by atoms with E-state index in [2.05, 4.69) is 35.4 Å². The van der Waals surface area contributed by atoms with Gasteiger partial charge in [-0.3, -0.25) is 14.4 Å². The van der Waals surface area contributed by atoms with E-state index in [0.29, 0.717) is 35.3 Å². The molecule has 0 saturated carbocycles. The number of nitrogens with one attached hydrogen (secondary N) is 1. The zero-order valence-electron chi connectivity index (χ0n) is 21.5. The molecular formula is C26H29N9O4. The van der Waals surface area contributed by atoms with Crippen LogP contribution < -0.4 is 5.32 Å². The SMILES string of the molecule is CN1CC[C@@](O)(c2cc(-c3cccc(-c4ccnc(Nc5cnn(CCN6CCOCC6)c5)n4)n3)no2)C1=O. The van der Waals surface area contributed by atoms with E-state index in [1.807, 2.05) is 23.0 Å². The van der Waals surface area contributed by atoms with E-state index < -0.39 is 11.5 Å². The number of likely N-dealkylation sites (tertiary alicyclic amines) is 1. The molecule has 2 saturated heterocycles. The first-order valence-electron chi connectivity index (χ1n) is 12.8. The number of pyridine rings is 1. The number of hydrogen-bond acceptors (Lipinski definition) is 11. The molecule has 0 aromatic carbocycles. The molecule has 0 bridgehead atoms. The van der Waals surface area contributed by atoms with Gasteiger partial charge in [-0.2, -0.15) is 5.10 Å². The normalized spacial score (nSPS) is 20.1. The maximum absolute atomic E-state index is 12.4. The van der Waals surface area contributed by atoms with Crippen molar-refractivity contribution in [2.45, 2.75) is 18.6 Å². The van der Waals surface area contributed by atoms with Gasteiger partial charge in [-0.15, -0.1) is 0 Å². The molecule has 4 aromatic rings. The third-order valence-electron chi connectivity index (χ3n) is 7.00. The topological polar surface area (TPSA) is 148 Å². The number of anilines is 2. The fourth-order valence-electron chi connectivity index (χ4n) is 4.70. The van der Waals surface area contributed by atoms with Crippen molar-refractivity contribution >= 4 is 17.5 Å². The van der Waals surface area contributed by atoms with Crippen molar-refractivity contribution in [2.75, 3.05) is 51.8 Å². The number of ether oxygens (including phenoxy) is 1. The molecule has 1 amide bonds. The molecule has 13 heteroatoms. The number of rotatable bonds is 8. The Labute approximate surface area is 224 Å². The molecule has 202 valence electrons. The van der Waals surface area contributed by atoms with Gasteiger partial charge in [0.2, 0.25) is 11.5 Å². The fraction of sp³-hybridized carbons (Fsp3) is 0.385. The van der Waals surface area contributed by atoms with Crippen LogP contribution in [-0.2, 0) is 21.7 Å². The largest absolute Gasteiger partial charge is 0.379 e. The Morgan fingerprint density at radius 3 is 2.64 bits per heavy atom. The second kappa shape index (κ2) is 10.5. The van der Waals surface area contributed by atoms with Crippen molar-refractivity contribution in [3.8, 4) is 22.8 Å². The minimum Gasteiger partial charge on any atom is -0.379 e. The molecule has 2 aliphatic rings. The van der Waals surface area contributed by atoms with Crippen molar-refractivity contribution in [2.24, 2.45) is 0 Å². The van der Waals surface area contributed by atoms with E-state index >= 15 is 0 Å². The summed E-state index contributed by atoms with van der Waals surface area (Å²) < 4.78 is 12.7. The lowest BCUT2D eigenvalue weighted by molar-refractivity contribution is -0.144. The van der Waals surface area contributed by atoms with Crippen molar-refractivity contribution < 1.29 is 19.2 Å². The predicted molar refractivity (Wildman–Crippen MR) is 140 cm³/mol. The highest BCUT2D eigenvalue weighted by molar-refractivity contribution is 5.87. The number of carbonyl (C=O) groups excluding carboxylic acids is 1. The van der Waals surface area contributed by atoms with E-state index in [9.17, 15) is 9.90 Å². The first kappa shape index (κ1) is 25.1. The maximum Gasteiger partial charge on any atom is 0.262 e. The molecule has 0 spiro atoms. The summed E-state index contributed by atoms with van der Waals surface area (Å²) in [5.41, 5.74) is 1.25. The third kappa shape index (κ3) is 5.24. The predicted octanol–water partition coefficient (Wildman–Crippen LogP) is 1.52. The van der Waals surface area contributed by atoms with Crippen LogP contribution in [0.4, 0.5) is 11.6 Å². The van der Waals surface area contributed by atoms with Crippen LogP contribution in [-0.4, -0.2) is 97.1 Å². The van der Waals surface area contributed by atoms with Crippen LogP contribution in [0.15, 0.2) is 53.4 Å². The molecule has 1 atom stereocenters. The number of nitrogens with zero attached hydrogens (tertiary/aromatic N) is 8. The van der Waals surface area contributed by atoms with Crippen LogP contribution in [0.2, 0.25) is 0 Å². The number of aromatic nitrogens is 6. The Morgan fingerprint density at radius 1 is 1.05 bits per heavy atom. The lowest BCUT2D eigenvalue weighted by Gasteiger charge is -2.26. The number of morpholine rings is 1. The zero-order chi connectivity index (χ0) is 26.8. The molecule has 39 heavy (non-hydrogen) atoms. The van der Waals surface area contributed by atoms with Gasteiger partial charge in [0.25, 0.3) is 5.91 Å². The zero-order valence-corrected chi connectivity index (χ0v) is 21.5. The summed E-state index contributed by atoms with van der Waals surface area (Å²) in [5.74, 6) is 0.121. The maximum atomic E-state index is 12.4. The first-order valence-corrected chi connectivity index (χ1v) is 12.8. The van der Waals surface area contributed by atoms with Gasteiger partial charge < -0.3 is 24.6 Å². The Bertz CT molecular complexity index is 1460. The second-order valence-corrected chi connectivity index (χ2v) is 9.66. The Kier molecular flexibility index (Phi) is 6.77. The van der Waals surface area contributed by atoms with Gasteiger partial charge in [0.1, 0.15) is 5.69 Å². The summed E-state index contributed by atoms with van der Waals surface area (Å²) in [4.78, 5) is 29.9. The van der Waals surface area contributed by atoms with Gasteiger partial charge in [-0.1, -0.05) is 11.2 Å². The second-order valence-electron chi connectivity index (χ2n) is 9.66. The molecule has 4 aromatic heterocycles. The van der Waals surface area contributed by atoms with Gasteiger partial charge in [0.15, 0.2) is 5.76 Å². The monoisotopic (exact) mass is 531 g/mol. The van der Waals surface area contributed by atoms with Gasteiger partial charge in [0.05, 0.1) is 48.7 Å². The Balaban J connectivity index is 1.15. The van der Waals surface area contributed by atoms with E-state index in [4.69, 9.17) is 9.26 Å². The molecule has 6 heterocycles. The molecule has 13 nitrogen and oxygen atoms in total. The molecule has 2 aliphatic heterocycles. The van der Waals surface area contributed by atoms with Crippen molar-refractivity contribution in [3.05, 3.63) is 54.7 Å². The summed E-state index contributed by atoms with van der Waals surface area (Å²) >= 11 is 0. The fourth-order valence-corrected chi connectivity index (χ4v) is 4.70. The smallest absolute Gasteiger partial charge is 0.262 e. The average molecular weight is 532 g/mol. The number of amides is 1. The van der Waals surface area contributed by atoms with Crippen LogP contribution in [0.1, 0.15) is 12.2 Å². The van der Waals surface area contributed by atoms with Crippen LogP contribution in [0.5, 0.6) is 0 Å². The van der Waals surface area contributed by atoms with Crippen LogP contribution in [0.25, 0.3) is 22.8 Å². The molecule has 0 aliphatic carbocycles. The molecular weight excluding hydrogens is 502 g/mol. The Morgan fingerprint density at radius 2 is 1.85 bits per heavy atom. The third-order valence-corrected chi connectivity index (χ3v) is 7.00.